The van der Waals surface area contributed by atoms with E-state index in [-0.39, 0.29) is 23.8 Å². The monoisotopic (exact) mass is 447 g/mol. The lowest BCUT2D eigenvalue weighted by Crippen LogP contribution is -2.43. The number of aromatic nitrogens is 1. The molecule has 0 unspecified atom stereocenters. The highest BCUT2D eigenvalue weighted by Gasteiger charge is 2.29. The van der Waals surface area contributed by atoms with E-state index in [4.69, 9.17) is 0 Å². The van der Waals surface area contributed by atoms with Crippen molar-refractivity contribution >= 4 is 23.2 Å². The third-order valence-electron chi connectivity index (χ3n) is 6.13. The molecule has 2 aromatic heterocycles. The number of benzene rings is 1. The molecule has 0 aliphatic carbocycles. The second-order valence-electron chi connectivity index (χ2n) is 8.58. The fourth-order valence-corrected chi connectivity index (χ4v) is 4.93. The van der Waals surface area contributed by atoms with Gasteiger partial charge in [-0.05, 0) is 53.5 Å². The summed E-state index contributed by atoms with van der Waals surface area (Å²) in [5.74, 6) is 0.452. The maximum Gasteiger partial charge on any atom is 0.253 e. The van der Waals surface area contributed by atoms with E-state index in [0.717, 1.165) is 10.4 Å². The van der Waals surface area contributed by atoms with Crippen LogP contribution in [0.5, 0.6) is 0 Å². The highest BCUT2D eigenvalue weighted by atomic mass is 32.1. The van der Waals surface area contributed by atoms with E-state index >= 15 is 0 Å². The molecule has 1 aromatic carbocycles. The summed E-state index contributed by atoms with van der Waals surface area (Å²) >= 11 is 1.65. The number of thiophene rings is 1. The van der Waals surface area contributed by atoms with Crippen molar-refractivity contribution in [1.82, 2.24) is 15.2 Å². The molecule has 0 bridgehead atoms. The zero-order chi connectivity index (χ0) is 22.5. The summed E-state index contributed by atoms with van der Waals surface area (Å²) < 4.78 is 0. The number of pyridine rings is 1. The lowest BCUT2D eigenvalue weighted by Gasteiger charge is -2.32. The maximum atomic E-state index is 13.2. The van der Waals surface area contributed by atoms with Crippen molar-refractivity contribution in [2.75, 3.05) is 13.1 Å². The van der Waals surface area contributed by atoms with Crippen LogP contribution in [0.15, 0.2) is 66.3 Å². The van der Waals surface area contributed by atoms with Crippen molar-refractivity contribution < 1.29 is 9.59 Å². The Hall–Kier alpha value is -2.99. The van der Waals surface area contributed by atoms with Crippen LogP contribution in [0, 0.1) is 5.92 Å². The smallest absolute Gasteiger partial charge is 0.253 e. The minimum Gasteiger partial charge on any atom is -0.344 e. The Kier molecular flexibility index (Phi) is 7.00. The normalized spacial score (nSPS) is 15.5. The van der Waals surface area contributed by atoms with E-state index in [0.29, 0.717) is 37.4 Å². The molecule has 1 aliphatic rings. The first-order valence-electron chi connectivity index (χ1n) is 11.2. The van der Waals surface area contributed by atoms with Gasteiger partial charge in [-0.15, -0.1) is 11.3 Å². The van der Waals surface area contributed by atoms with Gasteiger partial charge in [-0.3, -0.25) is 14.6 Å². The third kappa shape index (κ3) is 5.07. The Labute approximate surface area is 193 Å². The lowest BCUT2D eigenvalue weighted by atomic mass is 9.94. The predicted molar refractivity (Wildman–Crippen MR) is 128 cm³/mol. The van der Waals surface area contributed by atoms with Crippen molar-refractivity contribution in [2.24, 2.45) is 5.92 Å². The number of amides is 2. The number of hydrogen-bond donors (Lipinski definition) is 1. The molecule has 166 valence electrons. The van der Waals surface area contributed by atoms with Crippen molar-refractivity contribution in [3.63, 3.8) is 0 Å². The van der Waals surface area contributed by atoms with Crippen molar-refractivity contribution in [3.05, 3.63) is 87.9 Å². The fourth-order valence-electron chi connectivity index (χ4n) is 4.13. The van der Waals surface area contributed by atoms with E-state index in [1.807, 2.05) is 16.3 Å². The van der Waals surface area contributed by atoms with Gasteiger partial charge in [-0.2, -0.15) is 0 Å². The first-order chi connectivity index (χ1) is 15.5. The molecule has 1 fully saturated rings. The third-order valence-corrected chi connectivity index (χ3v) is 7.07. The summed E-state index contributed by atoms with van der Waals surface area (Å²) in [7, 11) is 0. The predicted octanol–water partition coefficient (Wildman–Crippen LogP) is 5.02. The SMILES string of the molecule is CC(C)c1ccc([C@H](NC(=O)C2CCN(C(=O)c3ccncc3)CC2)c2cccs2)cc1. The van der Waals surface area contributed by atoms with Gasteiger partial charge in [0.05, 0.1) is 6.04 Å². The number of piperidine rings is 1. The van der Waals surface area contributed by atoms with Gasteiger partial charge < -0.3 is 10.2 Å². The summed E-state index contributed by atoms with van der Waals surface area (Å²) in [5, 5.41) is 5.33. The molecule has 2 amide bonds. The van der Waals surface area contributed by atoms with Crippen LogP contribution in [0.2, 0.25) is 0 Å². The van der Waals surface area contributed by atoms with Gasteiger partial charge in [-0.25, -0.2) is 0 Å². The standard InChI is InChI=1S/C26H29N3O2S/c1-18(2)19-5-7-20(8-6-19)24(23-4-3-17-32-23)28-25(30)21-11-15-29(16-12-21)26(31)22-9-13-27-14-10-22/h3-10,13-14,17-18,21,24H,11-12,15-16H2,1-2H3,(H,28,30)/t24-/m0/s1. The Morgan fingerprint density at radius 2 is 1.66 bits per heavy atom. The molecular formula is C26H29N3O2S. The number of hydrogen-bond acceptors (Lipinski definition) is 4. The summed E-state index contributed by atoms with van der Waals surface area (Å²) in [4.78, 5) is 32.8. The fraction of sp³-hybridized carbons (Fsp3) is 0.346. The Morgan fingerprint density at radius 3 is 2.25 bits per heavy atom. The zero-order valence-electron chi connectivity index (χ0n) is 18.5. The van der Waals surface area contributed by atoms with Gasteiger partial charge in [0.25, 0.3) is 5.91 Å². The topological polar surface area (TPSA) is 62.3 Å². The Morgan fingerprint density at radius 1 is 1.00 bits per heavy atom. The molecule has 5 nitrogen and oxygen atoms in total. The zero-order valence-corrected chi connectivity index (χ0v) is 19.3. The van der Waals surface area contributed by atoms with Crippen LogP contribution in [0.4, 0.5) is 0 Å². The highest BCUT2D eigenvalue weighted by molar-refractivity contribution is 7.10. The average Bonchev–Trinajstić information content (AvgIpc) is 3.37. The molecule has 0 radical (unpaired) electrons. The minimum atomic E-state index is -0.153. The van der Waals surface area contributed by atoms with E-state index in [9.17, 15) is 9.59 Å². The quantitative estimate of drug-likeness (QED) is 0.577. The number of carbonyl (C=O) groups excluding carboxylic acids is 2. The second-order valence-corrected chi connectivity index (χ2v) is 9.56. The molecular weight excluding hydrogens is 418 g/mol. The van der Waals surface area contributed by atoms with Crippen LogP contribution < -0.4 is 5.32 Å². The summed E-state index contributed by atoms with van der Waals surface area (Å²) in [6.07, 6.45) is 4.61. The molecule has 1 atom stereocenters. The van der Waals surface area contributed by atoms with Gasteiger partial charge in [0.2, 0.25) is 5.91 Å². The molecule has 4 rings (SSSR count). The number of nitrogens with one attached hydrogen (secondary N) is 1. The van der Waals surface area contributed by atoms with Gasteiger partial charge in [0, 0.05) is 41.8 Å². The van der Waals surface area contributed by atoms with Crippen molar-refractivity contribution in [2.45, 2.75) is 38.6 Å². The minimum absolute atomic E-state index is 0.00737. The van der Waals surface area contributed by atoms with Crippen LogP contribution in [-0.4, -0.2) is 34.8 Å². The largest absolute Gasteiger partial charge is 0.344 e. The average molecular weight is 448 g/mol. The number of likely N-dealkylation sites (tertiary alicyclic amines) is 1. The van der Waals surface area contributed by atoms with Crippen LogP contribution in [0.1, 0.15) is 65.0 Å². The van der Waals surface area contributed by atoms with Crippen LogP contribution in [0.3, 0.4) is 0 Å². The molecule has 0 spiro atoms. The van der Waals surface area contributed by atoms with E-state index in [1.165, 1.54) is 5.56 Å². The molecule has 3 heterocycles. The van der Waals surface area contributed by atoms with Gasteiger partial charge in [-0.1, -0.05) is 44.2 Å². The van der Waals surface area contributed by atoms with Crippen LogP contribution in [0.25, 0.3) is 0 Å². The molecule has 1 N–H and O–H groups in total. The van der Waals surface area contributed by atoms with Crippen LogP contribution >= 0.6 is 11.3 Å². The van der Waals surface area contributed by atoms with Crippen molar-refractivity contribution in [3.8, 4) is 0 Å². The Bertz CT molecular complexity index is 1020. The maximum absolute atomic E-state index is 13.2. The number of nitrogens with zero attached hydrogens (tertiary/aromatic N) is 2. The van der Waals surface area contributed by atoms with Crippen molar-refractivity contribution in [1.29, 1.82) is 0 Å². The van der Waals surface area contributed by atoms with Gasteiger partial charge in [0.15, 0.2) is 0 Å². The van der Waals surface area contributed by atoms with E-state index in [2.05, 4.69) is 54.5 Å². The van der Waals surface area contributed by atoms with Gasteiger partial charge >= 0.3 is 0 Å². The second kappa shape index (κ2) is 10.1. The first kappa shape index (κ1) is 22.2. The summed E-state index contributed by atoms with van der Waals surface area (Å²) in [5.41, 5.74) is 3.03. The molecule has 32 heavy (non-hydrogen) atoms. The van der Waals surface area contributed by atoms with Gasteiger partial charge in [0.1, 0.15) is 0 Å². The molecule has 6 heteroatoms. The highest BCUT2D eigenvalue weighted by Crippen LogP contribution is 2.29. The summed E-state index contributed by atoms with van der Waals surface area (Å²) in [6.45, 7) is 5.54. The van der Waals surface area contributed by atoms with E-state index < -0.39 is 0 Å². The molecule has 0 saturated carbocycles. The molecule has 1 saturated heterocycles. The molecule has 3 aromatic rings. The number of carbonyl (C=O) groups is 2. The molecule has 1 aliphatic heterocycles. The Balaban J connectivity index is 1.41. The first-order valence-corrected chi connectivity index (χ1v) is 12.0. The lowest BCUT2D eigenvalue weighted by molar-refractivity contribution is -0.126. The van der Waals surface area contributed by atoms with E-state index in [1.54, 1.807) is 35.9 Å². The summed E-state index contributed by atoms with van der Waals surface area (Å²) in [6, 6.07) is 15.9. The number of rotatable bonds is 6. The van der Waals surface area contributed by atoms with Crippen LogP contribution in [-0.2, 0) is 4.79 Å².